The van der Waals surface area contributed by atoms with Crippen LogP contribution in [0.1, 0.15) is 32.4 Å². The highest BCUT2D eigenvalue weighted by molar-refractivity contribution is 9.10. The van der Waals surface area contributed by atoms with E-state index in [9.17, 15) is 17.7 Å². The van der Waals surface area contributed by atoms with Gasteiger partial charge in [-0.25, -0.2) is 4.98 Å². The molecule has 2 unspecified atom stereocenters. The van der Waals surface area contributed by atoms with Crippen molar-refractivity contribution in [2.75, 3.05) is 0 Å². The Balaban J connectivity index is 3.00. The van der Waals surface area contributed by atoms with E-state index in [1.807, 2.05) is 0 Å². The van der Waals surface area contributed by atoms with Gasteiger partial charge >= 0.3 is 6.18 Å². The summed E-state index contributed by atoms with van der Waals surface area (Å²) >= 11 is 1.23. The van der Waals surface area contributed by atoms with Crippen molar-refractivity contribution in [3.63, 3.8) is 0 Å². The van der Waals surface area contributed by atoms with Crippen LogP contribution in [0.15, 0.2) is 22.9 Å². The van der Waals surface area contributed by atoms with Gasteiger partial charge in [-0.2, -0.15) is 13.2 Å². The van der Waals surface area contributed by atoms with Crippen LogP contribution in [0.5, 0.6) is 0 Å². The van der Waals surface area contributed by atoms with Crippen LogP contribution in [-0.2, 0) is 11.4 Å². The number of halogens is 4. The van der Waals surface area contributed by atoms with E-state index in [0.717, 1.165) is 6.20 Å². The first-order chi connectivity index (χ1) is 8.51. The molecule has 1 heterocycles. The van der Waals surface area contributed by atoms with Crippen molar-refractivity contribution < 1.29 is 17.7 Å². The van der Waals surface area contributed by atoms with Gasteiger partial charge in [0.25, 0.3) is 0 Å². The molecule has 1 aromatic rings. The summed E-state index contributed by atoms with van der Waals surface area (Å²) in [6, 6.07) is 0.700. The molecule has 2 atom stereocenters. The van der Waals surface area contributed by atoms with Crippen molar-refractivity contribution >= 4 is 27.3 Å². The molecule has 8 heteroatoms. The molecule has 108 valence electrons. The lowest BCUT2D eigenvalue weighted by atomic mass is 10.1. The molecule has 0 bridgehead atoms. The molecule has 0 saturated heterocycles. The molecule has 3 nitrogen and oxygen atoms in total. The first-order valence-electron chi connectivity index (χ1n) is 5.38. The zero-order chi connectivity index (χ0) is 14.8. The summed E-state index contributed by atoms with van der Waals surface area (Å²) in [5, 5.41) is 0. The minimum absolute atomic E-state index is 0.0756. The molecule has 0 aliphatic rings. The number of nitrogens with one attached hydrogen (secondary N) is 1. The summed E-state index contributed by atoms with van der Waals surface area (Å²) in [6.07, 6.45) is -3.44. The fourth-order valence-corrected chi connectivity index (χ4v) is 2.24. The molecule has 1 rings (SSSR count). The summed E-state index contributed by atoms with van der Waals surface area (Å²) in [4.78, 5) is 3.76. The standard InChI is InChI=1S/C11H14BrF3N2OS/c1-10(2,3)19(18)17-9(11(13,14)15)7-4-5-8(12)16-6-7/h4-6,9,17H,1-3H3. The normalized spacial score (nSPS) is 16.2. The van der Waals surface area contributed by atoms with Crippen molar-refractivity contribution in [1.29, 1.82) is 0 Å². The highest BCUT2D eigenvalue weighted by Gasteiger charge is 2.45. The van der Waals surface area contributed by atoms with Crippen LogP contribution in [0.4, 0.5) is 13.2 Å². The Morgan fingerprint density at radius 1 is 1.32 bits per heavy atom. The molecule has 0 saturated carbocycles. The van der Waals surface area contributed by atoms with Gasteiger partial charge in [-0.3, -0.25) is 0 Å². The van der Waals surface area contributed by atoms with Crippen molar-refractivity contribution in [3.05, 3.63) is 28.5 Å². The molecule has 0 amide bonds. The predicted octanol–water partition coefficient (Wildman–Crippen LogP) is 3.50. The average Bonchev–Trinajstić information content (AvgIpc) is 2.24. The third kappa shape index (κ3) is 4.94. The van der Waals surface area contributed by atoms with Gasteiger partial charge in [-0.1, -0.05) is 6.07 Å². The number of hydrogen-bond donors (Lipinski definition) is 1. The summed E-state index contributed by atoms with van der Waals surface area (Å²) in [6.45, 7) is 4.80. The molecule has 0 aliphatic heterocycles. The Hall–Kier alpha value is -0.310. The van der Waals surface area contributed by atoms with E-state index >= 15 is 0 Å². The first-order valence-corrected chi connectivity index (χ1v) is 7.32. The van der Waals surface area contributed by atoms with Crippen LogP contribution in [0.2, 0.25) is 0 Å². The molecule has 1 N–H and O–H groups in total. The van der Waals surface area contributed by atoms with E-state index in [-0.39, 0.29) is 5.56 Å². The third-order valence-electron chi connectivity index (χ3n) is 2.19. The number of nitrogens with zero attached hydrogens (tertiary/aromatic N) is 1. The minimum atomic E-state index is -4.55. The van der Waals surface area contributed by atoms with Crippen LogP contribution < -0.4 is 4.72 Å². The topological polar surface area (TPSA) is 48.0 Å². The summed E-state index contributed by atoms with van der Waals surface area (Å²) in [7, 11) is 0. The molecule has 0 radical (unpaired) electrons. The van der Waals surface area contributed by atoms with E-state index in [0.29, 0.717) is 4.60 Å². The van der Waals surface area contributed by atoms with Crippen molar-refractivity contribution in [2.24, 2.45) is 0 Å². The molecular weight excluding hydrogens is 345 g/mol. The second-order valence-corrected chi connectivity index (χ2v) is 7.70. The molecule has 1 aromatic heterocycles. The van der Waals surface area contributed by atoms with E-state index in [4.69, 9.17) is 0 Å². The van der Waals surface area contributed by atoms with Gasteiger partial charge in [0.2, 0.25) is 0 Å². The van der Waals surface area contributed by atoms with E-state index in [1.165, 1.54) is 12.1 Å². The summed E-state index contributed by atoms with van der Waals surface area (Å²) in [5.41, 5.74) is -0.0756. The smallest absolute Gasteiger partial charge is 0.412 e. The zero-order valence-corrected chi connectivity index (χ0v) is 13.0. The van der Waals surface area contributed by atoms with Gasteiger partial charge in [0.1, 0.15) is 9.35 Å². The number of rotatable bonds is 3. The van der Waals surface area contributed by atoms with Crippen molar-refractivity contribution in [1.82, 2.24) is 9.71 Å². The maximum atomic E-state index is 13.0. The van der Waals surface area contributed by atoms with Crippen LogP contribution in [0.25, 0.3) is 0 Å². The van der Waals surface area contributed by atoms with E-state index in [1.54, 1.807) is 20.8 Å². The Morgan fingerprint density at radius 2 is 1.89 bits per heavy atom. The van der Waals surface area contributed by atoms with E-state index < -0.39 is 28.3 Å². The lowest BCUT2D eigenvalue weighted by Crippen LogP contribution is -2.45. The monoisotopic (exact) mass is 358 g/mol. The second-order valence-electron chi connectivity index (χ2n) is 4.89. The maximum absolute atomic E-state index is 13.0. The number of aromatic nitrogens is 1. The summed E-state index contributed by atoms with van der Waals surface area (Å²) < 4.78 is 52.7. The van der Waals surface area contributed by atoms with Crippen LogP contribution >= 0.6 is 15.9 Å². The first kappa shape index (κ1) is 16.7. The van der Waals surface area contributed by atoms with Gasteiger partial charge < -0.3 is 4.55 Å². The van der Waals surface area contributed by atoms with Gasteiger partial charge in [0.05, 0.1) is 0 Å². The second kappa shape index (κ2) is 5.99. The number of alkyl halides is 3. The SMILES string of the molecule is CC(C)(C)[S+]([O-])NC(c1ccc(Br)nc1)C(F)(F)F. The average molecular weight is 359 g/mol. The fraction of sp³-hybridized carbons (Fsp3) is 0.545. The Bertz CT molecular complexity index is 419. The Labute approximate surface area is 121 Å². The highest BCUT2D eigenvalue weighted by atomic mass is 79.9. The molecule has 0 aromatic carbocycles. The molecule has 0 spiro atoms. The van der Waals surface area contributed by atoms with Crippen LogP contribution in [0.3, 0.4) is 0 Å². The molecular formula is C11H14BrF3N2OS. The minimum Gasteiger partial charge on any atom is -0.598 e. The quantitative estimate of drug-likeness (QED) is 0.664. The van der Waals surface area contributed by atoms with Crippen LogP contribution in [-0.4, -0.2) is 20.5 Å². The number of hydrogen-bond acceptors (Lipinski definition) is 3. The molecule has 0 aliphatic carbocycles. The van der Waals surface area contributed by atoms with Gasteiger partial charge in [0.15, 0.2) is 6.04 Å². The van der Waals surface area contributed by atoms with Gasteiger partial charge in [-0.05, 0) is 42.8 Å². The van der Waals surface area contributed by atoms with Crippen LogP contribution in [0, 0.1) is 0 Å². The Morgan fingerprint density at radius 3 is 2.26 bits per heavy atom. The maximum Gasteiger partial charge on any atom is 0.412 e. The lowest BCUT2D eigenvalue weighted by molar-refractivity contribution is -0.153. The largest absolute Gasteiger partial charge is 0.598 e. The van der Waals surface area contributed by atoms with Crippen molar-refractivity contribution in [3.8, 4) is 0 Å². The van der Waals surface area contributed by atoms with Gasteiger partial charge in [0, 0.05) is 23.1 Å². The van der Waals surface area contributed by atoms with E-state index in [2.05, 4.69) is 25.6 Å². The summed E-state index contributed by atoms with van der Waals surface area (Å²) in [5.74, 6) is 0. The van der Waals surface area contributed by atoms with Gasteiger partial charge in [-0.15, -0.1) is 4.72 Å². The zero-order valence-electron chi connectivity index (χ0n) is 10.6. The fourth-order valence-electron chi connectivity index (χ4n) is 1.17. The third-order valence-corrected chi connectivity index (χ3v) is 4.22. The molecule has 0 fully saturated rings. The predicted molar refractivity (Wildman–Crippen MR) is 71.8 cm³/mol. The number of pyridine rings is 1. The highest BCUT2D eigenvalue weighted by Crippen LogP contribution is 2.34. The van der Waals surface area contributed by atoms with Crippen molar-refractivity contribution in [2.45, 2.75) is 37.7 Å². The molecule has 19 heavy (non-hydrogen) atoms. The Kier molecular flexibility index (Phi) is 5.28. The lowest BCUT2D eigenvalue weighted by Gasteiger charge is -2.29.